The number of hydrogen-bond acceptors (Lipinski definition) is 7. The van der Waals surface area contributed by atoms with Gasteiger partial charge >= 0.3 is 0 Å². The van der Waals surface area contributed by atoms with E-state index in [0.717, 1.165) is 10.6 Å². The Hall–Kier alpha value is -0.620. The fraction of sp³-hybridized carbons (Fsp3) is 0.700. The number of nitrogens with zero attached hydrogens (tertiary/aromatic N) is 2. The zero-order valence-corrected chi connectivity index (χ0v) is 14.2. The van der Waals surface area contributed by atoms with E-state index in [9.17, 15) is 16.8 Å². The van der Waals surface area contributed by atoms with Crippen molar-refractivity contribution in [3.8, 4) is 0 Å². The van der Waals surface area contributed by atoms with E-state index in [4.69, 9.17) is 5.73 Å². The molecule has 2 rings (SSSR count). The van der Waals surface area contributed by atoms with Crippen LogP contribution in [0.5, 0.6) is 0 Å². The summed E-state index contributed by atoms with van der Waals surface area (Å²) in [5, 5.41) is 5.17. The molecule has 0 radical (unpaired) electrons. The van der Waals surface area contributed by atoms with E-state index in [2.05, 4.69) is 10.2 Å². The molecule has 0 aliphatic carbocycles. The summed E-state index contributed by atoms with van der Waals surface area (Å²) in [7, 11) is -7.52. The molecular weight excluding hydrogens is 336 g/mol. The maximum absolute atomic E-state index is 12.8. The molecular formula is C10H18N4O4S3. The summed E-state index contributed by atoms with van der Waals surface area (Å²) in [5.74, 6) is 0.770. The largest absolute Gasteiger partial charge is 0.326 e. The van der Waals surface area contributed by atoms with E-state index in [1.54, 1.807) is 6.92 Å². The summed E-state index contributed by atoms with van der Waals surface area (Å²) >= 11 is 1.42. The topological polar surface area (TPSA) is 126 Å². The Bertz CT molecular complexity index is 725. The average Bonchev–Trinajstić information content (AvgIpc) is 2.79. The Kier molecular flexibility index (Phi) is 4.69. The zero-order chi connectivity index (χ0) is 15.8. The lowest BCUT2D eigenvalue weighted by Crippen LogP contribution is -2.50. The quantitative estimate of drug-likeness (QED) is 0.731. The highest BCUT2D eigenvalue weighted by Crippen LogP contribution is 2.28. The first-order valence-electron chi connectivity index (χ1n) is 6.22. The Labute approximate surface area is 128 Å². The van der Waals surface area contributed by atoms with Gasteiger partial charge in [0.15, 0.2) is 14.9 Å². The minimum absolute atomic E-state index is 0.0169. The Morgan fingerprint density at radius 2 is 2.10 bits per heavy atom. The van der Waals surface area contributed by atoms with Gasteiger partial charge in [-0.15, -0.1) is 0 Å². The zero-order valence-electron chi connectivity index (χ0n) is 11.7. The SMILES string of the molecule is Cc1[nH]nc(S(=O)(=O)N2CCSCC2S(C)(=O)=O)c1CN. The number of sulfonamides is 1. The molecule has 0 amide bonds. The van der Waals surface area contributed by atoms with Gasteiger partial charge in [-0.25, -0.2) is 16.8 Å². The lowest BCUT2D eigenvalue weighted by Gasteiger charge is -2.32. The molecule has 0 bridgehead atoms. The first kappa shape index (κ1) is 16.7. The molecule has 0 saturated carbocycles. The van der Waals surface area contributed by atoms with Crippen molar-refractivity contribution in [2.75, 3.05) is 24.3 Å². The van der Waals surface area contributed by atoms with Gasteiger partial charge in [-0.3, -0.25) is 5.10 Å². The molecule has 1 atom stereocenters. The van der Waals surface area contributed by atoms with Crippen LogP contribution in [-0.4, -0.2) is 61.0 Å². The number of sulfone groups is 1. The van der Waals surface area contributed by atoms with Crippen LogP contribution in [0.25, 0.3) is 0 Å². The normalized spacial score (nSPS) is 21.6. The lowest BCUT2D eigenvalue weighted by atomic mass is 10.3. The van der Waals surface area contributed by atoms with Crippen LogP contribution in [0, 0.1) is 6.92 Å². The van der Waals surface area contributed by atoms with Gasteiger partial charge in [0.1, 0.15) is 5.37 Å². The average molecular weight is 354 g/mol. The maximum Gasteiger partial charge on any atom is 0.263 e. The molecule has 0 aromatic carbocycles. The minimum atomic E-state index is -4.00. The molecule has 1 aliphatic heterocycles. The van der Waals surface area contributed by atoms with Crippen LogP contribution in [-0.2, 0) is 26.4 Å². The van der Waals surface area contributed by atoms with Crippen LogP contribution in [0.4, 0.5) is 0 Å². The van der Waals surface area contributed by atoms with Gasteiger partial charge in [-0.1, -0.05) is 0 Å². The van der Waals surface area contributed by atoms with Gasteiger partial charge in [0.25, 0.3) is 10.0 Å². The standard InChI is InChI=1S/C10H18N4O4S3/c1-7-8(5-11)10(13-12-7)21(17,18)14-3-4-19-6-9(14)20(2,15)16/h9H,3-6,11H2,1-2H3,(H,12,13). The predicted octanol–water partition coefficient (Wildman–Crippen LogP) is -0.715. The van der Waals surface area contributed by atoms with Crippen molar-refractivity contribution < 1.29 is 16.8 Å². The highest BCUT2D eigenvalue weighted by molar-refractivity contribution is 8.01. The van der Waals surface area contributed by atoms with Crippen LogP contribution < -0.4 is 5.73 Å². The predicted molar refractivity (Wildman–Crippen MR) is 81.1 cm³/mol. The Morgan fingerprint density at radius 1 is 1.43 bits per heavy atom. The number of aromatic nitrogens is 2. The van der Waals surface area contributed by atoms with Gasteiger partial charge in [0, 0.05) is 42.1 Å². The fourth-order valence-corrected chi connectivity index (χ4v) is 7.52. The van der Waals surface area contributed by atoms with Gasteiger partial charge in [0.05, 0.1) is 0 Å². The third-order valence-corrected chi connectivity index (χ3v) is 7.98. The van der Waals surface area contributed by atoms with Gasteiger partial charge in [0.2, 0.25) is 0 Å². The van der Waals surface area contributed by atoms with Crippen molar-refractivity contribution in [3.63, 3.8) is 0 Å². The highest BCUT2D eigenvalue weighted by Gasteiger charge is 2.41. The first-order chi connectivity index (χ1) is 9.69. The molecule has 8 nitrogen and oxygen atoms in total. The molecule has 1 aliphatic rings. The van der Waals surface area contributed by atoms with Gasteiger partial charge in [-0.05, 0) is 6.92 Å². The van der Waals surface area contributed by atoms with Crippen molar-refractivity contribution in [2.24, 2.45) is 5.73 Å². The molecule has 120 valence electrons. The second-order valence-corrected chi connectivity index (χ2v) is 9.97. The second kappa shape index (κ2) is 5.88. The van der Waals surface area contributed by atoms with E-state index in [1.807, 2.05) is 0 Å². The molecule has 11 heteroatoms. The molecule has 3 N–H and O–H groups in total. The summed E-state index contributed by atoms with van der Waals surface area (Å²) in [6.45, 7) is 1.83. The minimum Gasteiger partial charge on any atom is -0.326 e. The molecule has 1 saturated heterocycles. The fourth-order valence-electron chi connectivity index (χ4n) is 2.17. The molecule has 1 fully saturated rings. The smallest absolute Gasteiger partial charge is 0.263 e. The van der Waals surface area contributed by atoms with Gasteiger partial charge in [-0.2, -0.15) is 21.2 Å². The summed E-state index contributed by atoms with van der Waals surface area (Å²) in [5.41, 5.74) is 6.53. The Balaban J connectivity index is 2.51. The maximum atomic E-state index is 12.8. The summed E-state index contributed by atoms with van der Waals surface area (Å²) in [4.78, 5) is 0. The third-order valence-electron chi connectivity index (χ3n) is 3.33. The van der Waals surface area contributed by atoms with Crippen LogP contribution in [0.1, 0.15) is 11.3 Å². The second-order valence-electron chi connectivity index (χ2n) is 4.81. The molecule has 0 spiro atoms. The number of H-pyrrole nitrogens is 1. The number of aromatic amines is 1. The number of thioether (sulfide) groups is 1. The van der Waals surface area contributed by atoms with Crippen molar-refractivity contribution in [1.82, 2.24) is 14.5 Å². The van der Waals surface area contributed by atoms with Crippen LogP contribution in [0.15, 0.2) is 5.03 Å². The summed E-state index contributed by atoms with van der Waals surface area (Å²) in [6, 6.07) is 0. The van der Waals surface area contributed by atoms with Crippen molar-refractivity contribution in [1.29, 1.82) is 0 Å². The van der Waals surface area contributed by atoms with E-state index < -0.39 is 25.2 Å². The third kappa shape index (κ3) is 3.11. The van der Waals surface area contributed by atoms with Crippen molar-refractivity contribution in [2.45, 2.75) is 23.9 Å². The number of hydrogen-bond donors (Lipinski definition) is 2. The molecule has 2 heterocycles. The molecule has 1 unspecified atom stereocenters. The number of nitrogens with one attached hydrogen (secondary N) is 1. The highest BCUT2D eigenvalue weighted by atomic mass is 32.2. The van der Waals surface area contributed by atoms with Gasteiger partial charge < -0.3 is 5.73 Å². The summed E-state index contributed by atoms with van der Waals surface area (Å²) < 4.78 is 50.2. The van der Waals surface area contributed by atoms with E-state index in [0.29, 0.717) is 17.0 Å². The van der Waals surface area contributed by atoms with E-state index in [1.165, 1.54) is 11.8 Å². The first-order valence-corrected chi connectivity index (χ1v) is 10.8. The Morgan fingerprint density at radius 3 is 2.67 bits per heavy atom. The van der Waals surface area contributed by atoms with Crippen LogP contribution >= 0.6 is 11.8 Å². The van der Waals surface area contributed by atoms with Crippen molar-refractivity contribution in [3.05, 3.63) is 11.3 Å². The summed E-state index contributed by atoms with van der Waals surface area (Å²) in [6.07, 6.45) is 1.05. The molecule has 21 heavy (non-hydrogen) atoms. The van der Waals surface area contributed by atoms with Crippen LogP contribution in [0.2, 0.25) is 0 Å². The number of aryl methyl sites for hydroxylation is 1. The lowest BCUT2D eigenvalue weighted by molar-refractivity contribution is 0.402. The number of nitrogens with two attached hydrogens (primary N) is 1. The van der Waals surface area contributed by atoms with E-state index >= 15 is 0 Å². The monoisotopic (exact) mass is 354 g/mol. The van der Waals surface area contributed by atoms with Crippen LogP contribution in [0.3, 0.4) is 0 Å². The van der Waals surface area contributed by atoms with E-state index in [-0.39, 0.29) is 23.9 Å². The van der Waals surface area contributed by atoms with Crippen molar-refractivity contribution >= 4 is 31.6 Å². The number of rotatable bonds is 4. The molecule has 1 aromatic heterocycles. The molecule has 1 aromatic rings.